The van der Waals surface area contributed by atoms with Gasteiger partial charge in [0.05, 0.1) is 22.7 Å². The van der Waals surface area contributed by atoms with Gasteiger partial charge in [-0.2, -0.15) is 5.26 Å². The molecule has 1 aromatic rings. The highest BCUT2D eigenvalue weighted by atomic mass is 16.2. The molecule has 2 rings (SSSR count). The number of carbonyl (C=O) groups excluding carboxylic acids is 1. The Morgan fingerprint density at radius 3 is 2.81 bits per heavy atom. The number of carbonyl (C=O) groups is 1. The number of hydrogen-bond acceptors (Lipinski definition) is 5. The van der Waals surface area contributed by atoms with E-state index in [1.807, 2.05) is 27.9 Å². The van der Waals surface area contributed by atoms with Crippen LogP contribution >= 0.6 is 0 Å². The van der Waals surface area contributed by atoms with Gasteiger partial charge in [-0.3, -0.25) is 4.79 Å². The Kier molecular flexibility index (Phi) is 4.12. The van der Waals surface area contributed by atoms with Crippen molar-refractivity contribution < 1.29 is 4.79 Å². The van der Waals surface area contributed by atoms with E-state index in [1.54, 1.807) is 16.0 Å². The van der Waals surface area contributed by atoms with Crippen LogP contribution in [0, 0.1) is 23.7 Å². The molecular formula is C15H21N5O. The highest BCUT2D eigenvalue weighted by molar-refractivity contribution is 5.95. The summed E-state index contributed by atoms with van der Waals surface area (Å²) in [5.41, 5.74) is 0.734. The predicted octanol–water partition coefficient (Wildman–Crippen LogP) is 1.62. The monoisotopic (exact) mass is 287 g/mol. The molecule has 1 atom stereocenters. The topological polar surface area (TPSA) is 73.1 Å². The van der Waals surface area contributed by atoms with Crippen molar-refractivity contribution in [3.8, 4) is 6.07 Å². The molecule has 6 heteroatoms. The van der Waals surface area contributed by atoms with Crippen LogP contribution in [0.2, 0.25) is 0 Å². The summed E-state index contributed by atoms with van der Waals surface area (Å²) in [7, 11) is 3.72. The van der Waals surface area contributed by atoms with E-state index in [4.69, 9.17) is 0 Å². The number of nitriles is 1. The van der Waals surface area contributed by atoms with Crippen molar-refractivity contribution in [2.75, 3.05) is 32.1 Å². The highest BCUT2D eigenvalue weighted by Gasteiger charge is 2.34. The zero-order chi connectivity index (χ0) is 15.6. The number of amides is 1. The van der Waals surface area contributed by atoms with Crippen LogP contribution in [-0.4, -0.2) is 48.0 Å². The minimum absolute atomic E-state index is 0.0843. The van der Waals surface area contributed by atoms with E-state index in [9.17, 15) is 10.1 Å². The highest BCUT2D eigenvalue weighted by Crippen LogP contribution is 2.29. The molecule has 0 radical (unpaired) electrons. The molecule has 0 unspecified atom stereocenters. The fraction of sp³-hybridized carbons (Fsp3) is 0.600. The third-order valence-corrected chi connectivity index (χ3v) is 3.85. The zero-order valence-electron chi connectivity index (χ0n) is 13.1. The van der Waals surface area contributed by atoms with Crippen LogP contribution in [0.4, 0.5) is 5.95 Å². The van der Waals surface area contributed by atoms with Crippen LogP contribution in [0.3, 0.4) is 0 Å². The van der Waals surface area contributed by atoms with Crippen molar-refractivity contribution in [1.29, 1.82) is 5.26 Å². The van der Waals surface area contributed by atoms with Gasteiger partial charge in [0.25, 0.3) is 5.91 Å². The van der Waals surface area contributed by atoms with Gasteiger partial charge in [0.1, 0.15) is 0 Å². The molecule has 1 amide bonds. The minimum atomic E-state index is -0.452. The van der Waals surface area contributed by atoms with Gasteiger partial charge in [-0.05, 0) is 26.7 Å². The Bertz CT molecular complexity index is 592. The summed E-state index contributed by atoms with van der Waals surface area (Å²) >= 11 is 0. The summed E-state index contributed by atoms with van der Waals surface area (Å²) in [5, 5.41) is 9.25. The van der Waals surface area contributed by atoms with Gasteiger partial charge in [-0.25, -0.2) is 9.97 Å². The van der Waals surface area contributed by atoms with Crippen LogP contribution in [0.15, 0.2) is 6.20 Å². The summed E-state index contributed by atoms with van der Waals surface area (Å²) in [4.78, 5) is 24.7. The number of rotatable bonds is 2. The van der Waals surface area contributed by atoms with Gasteiger partial charge < -0.3 is 9.80 Å². The zero-order valence-corrected chi connectivity index (χ0v) is 13.1. The Hall–Kier alpha value is -2.16. The maximum atomic E-state index is 12.6. The molecule has 6 nitrogen and oxygen atoms in total. The lowest BCUT2D eigenvalue weighted by Gasteiger charge is -2.36. The van der Waals surface area contributed by atoms with Gasteiger partial charge >= 0.3 is 0 Å². The molecular weight excluding hydrogens is 266 g/mol. The SMILES string of the molecule is Cc1nc(N(C)C)ncc1C(=O)N1CCC[C@@](C)(C#N)C1. The van der Waals surface area contributed by atoms with Crippen molar-refractivity contribution in [2.24, 2.45) is 5.41 Å². The average Bonchev–Trinajstić information content (AvgIpc) is 2.46. The van der Waals surface area contributed by atoms with E-state index in [1.165, 1.54) is 0 Å². The standard InChI is InChI=1S/C15H21N5O/c1-11-12(8-17-14(18-11)19(3)4)13(21)20-7-5-6-15(2,9-16)10-20/h8H,5-7,10H2,1-4H3/t15-/m0/s1. The smallest absolute Gasteiger partial charge is 0.257 e. The summed E-state index contributed by atoms with van der Waals surface area (Å²) in [6.07, 6.45) is 3.27. The van der Waals surface area contributed by atoms with Gasteiger partial charge in [-0.15, -0.1) is 0 Å². The van der Waals surface area contributed by atoms with Gasteiger partial charge in [0.15, 0.2) is 0 Å². The normalized spacial score (nSPS) is 21.8. The number of piperidine rings is 1. The fourth-order valence-electron chi connectivity index (χ4n) is 2.55. The van der Waals surface area contributed by atoms with Crippen molar-refractivity contribution >= 4 is 11.9 Å². The minimum Gasteiger partial charge on any atom is -0.347 e. The quantitative estimate of drug-likeness (QED) is 0.826. The summed E-state index contributed by atoms with van der Waals surface area (Å²) in [6.45, 7) is 4.88. The molecule has 2 heterocycles. The molecule has 112 valence electrons. The van der Waals surface area contributed by atoms with Gasteiger partial charge in [0, 0.05) is 33.4 Å². The molecule has 21 heavy (non-hydrogen) atoms. The van der Waals surface area contributed by atoms with Crippen LogP contribution in [-0.2, 0) is 0 Å². The third kappa shape index (κ3) is 3.13. The molecule has 1 aliphatic heterocycles. The lowest BCUT2D eigenvalue weighted by Crippen LogP contribution is -2.44. The average molecular weight is 287 g/mol. The number of anilines is 1. The molecule has 0 aliphatic carbocycles. The molecule has 0 N–H and O–H groups in total. The molecule has 0 saturated carbocycles. The lowest BCUT2D eigenvalue weighted by molar-refractivity contribution is 0.0628. The first-order valence-electron chi connectivity index (χ1n) is 7.08. The fourth-order valence-corrected chi connectivity index (χ4v) is 2.55. The molecule has 0 aromatic carbocycles. The van der Waals surface area contributed by atoms with Crippen LogP contribution in [0.5, 0.6) is 0 Å². The van der Waals surface area contributed by atoms with Gasteiger partial charge in [-0.1, -0.05) is 0 Å². The maximum absolute atomic E-state index is 12.6. The largest absolute Gasteiger partial charge is 0.347 e. The van der Waals surface area contributed by atoms with E-state index in [0.29, 0.717) is 30.3 Å². The molecule has 0 bridgehead atoms. The lowest BCUT2D eigenvalue weighted by atomic mass is 9.83. The van der Waals surface area contributed by atoms with Gasteiger partial charge in [0.2, 0.25) is 5.95 Å². The molecule has 0 spiro atoms. The van der Waals surface area contributed by atoms with Crippen molar-refractivity contribution in [2.45, 2.75) is 26.7 Å². The van der Waals surface area contributed by atoms with E-state index < -0.39 is 5.41 Å². The Balaban J connectivity index is 2.22. The number of aromatic nitrogens is 2. The van der Waals surface area contributed by atoms with Crippen molar-refractivity contribution in [3.63, 3.8) is 0 Å². The molecule has 1 fully saturated rings. The Morgan fingerprint density at radius 1 is 1.52 bits per heavy atom. The first kappa shape index (κ1) is 15.2. The second kappa shape index (κ2) is 5.68. The first-order chi connectivity index (χ1) is 9.86. The van der Waals surface area contributed by atoms with E-state index >= 15 is 0 Å². The van der Waals surface area contributed by atoms with Crippen LogP contribution in [0.1, 0.15) is 35.8 Å². The Morgan fingerprint density at radius 2 is 2.24 bits per heavy atom. The Labute approximate surface area is 125 Å². The summed E-state index contributed by atoms with van der Waals surface area (Å²) in [5.74, 6) is 0.503. The first-order valence-corrected chi connectivity index (χ1v) is 7.08. The number of nitrogens with zero attached hydrogens (tertiary/aromatic N) is 5. The van der Waals surface area contributed by atoms with Crippen LogP contribution < -0.4 is 4.90 Å². The second-order valence-corrected chi connectivity index (χ2v) is 6.07. The van der Waals surface area contributed by atoms with E-state index in [2.05, 4.69) is 16.0 Å². The van der Waals surface area contributed by atoms with Crippen molar-refractivity contribution in [1.82, 2.24) is 14.9 Å². The van der Waals surface area contributed by atoms with E-state index in [0.717, 1.165) is 12.8 Å². The van der Waals surface area contributed by atoms with Crippen molar-refractivity contribution in [3.05, 3.63) is 17.5 Å². The summed E-state index contributed by atoms with van der Waals surface area (Å²) in [6, 6.07) is 2.32. The maximum Gasteiger partial charge on any atom is 0.257 e. The predicted molar refractivity (Wildman–Crippen MR) is 80.0 cm³/mol. The molecule has 1 aromatic heterocycles. The summed E-state index contributed by atoms with van der Waals surface area (Å²) < 4.78 is 0. The third-order valence-electron chi connectivity index (χ3n) is 3.85. The number of likely N-dealkylation sites (tertiary alicyclic amines) is 1. The second-order valence-electron chi connectivity index (χ2n) is 6.07. The number of aryl methyl sites for hydroxylation is 1. The number of hydrogen-bond donors (Lipinski definition) is 0. The van der Waals surface area contributed by atoms with E-state index in [-0.39, 0.29) is 5.91 Å². The molecule has 1 saturated heterocycles. The molecule has 1 aliphatic rings. The van der Waals surface area contributed by atoms with Crippen LogP contribution in [0.25, 0.3) is 0 Å².